The van der Waals surface area contributed by atoms with Crippen molar-refractivity contribution in [2.75, 3.05) is 20.3 Å². The fourth-order valence-corrected chi connectivity index (χ4v) is 4.94. The van der Waals surface area contributed by atoms with Crippen LogP contribution in [-0.2, 0) is 4.79 Å². The van der Waals surface area contributed by atoms with Gasteiger partial charge in [0, 0.05) is 11.5 Å². The van der Waals surface area contributed by atoms with Crippen LogP contribution >= 0.6 is 0 Å². The quantitative estimate of drug-likeness (QED) is 0.568. The molecule has 30 heavy (non-hydrogen) atoms. The maximum Gasteiger partial charge on any atom is 0.247 e. The number of benzene rings is 1. The van der Waals surface area contributed by atoms with E-state index in [0.29, 0.717) is 11.5 Å². The second kappa shape index (κ2) is 9.65. The predicted molar refractivity (Wildman–Crippen MR) is 116 cm³/mol. The molecule has 2 unspecified atom stereocenters. The van der Waals surface area contributed by atoms with E-state index in [-0.39, 0.29) is 37.0 Å². The molecular formula is C24H32N2O4. The number of aliphatic hydroxyl groups is 1. The lowest BCUT2D eigenvalue weighted by molar-refractivity contribution is -0.140. The number of allylic oxidation sites excluding steroid dienone is 2. The van der Waals surface area contributed by atoms with Gasteiger partial charge in [-0.25, -0.2) is 5.01 Å². The van der Waals surface area contributed by atoms with Crippen molar-refractivity contribution in [3.8, 4) is 11.5 Å². The molecule has 3 aliphatic rings. The van der Waals surface area contributed by atoms with Crippen molar-refractivity contribution in [1.29, 1.82) is 0 Å². The lowest BCUT2D eigenvalue weighted by Crippen LogP contribution is -2.49. The van der Waals surface area contributed by atoms with Gasteiger partial charge in [0.15, 0.2) is 11.5 Å². The Morgan fingerprint density at radius 1 is 1.07 bits per heavy atom. The Labute approximate surface area is 178 Å². The summed E-state index contributed by atoms with van der Waals surface area (Å²) in [5.74, 6) is 1.44. The fourth-order valence-electron chi connectivity index (χ4n) is 4.94. The van der Waals surface area contributed by atoms with Crippen LogP contribution < -0.4 is 9.47 Å². The highest BCUT2D eigenvalue weighted by Gasteiger charge is 2.42. The number of ether oxygens (including phenoxy) is 2. The van der Waals surface area contributed by atoms with E-state index in [1.807, 2.05) is 23.2 Å². The summed E-state index contributed by atoms with van der Waals surface area (Å²) in [6.07, 6.45) is 12.8. The summed E-state index contributed by atoms with van der Waals surface area (Å²) >= 11 is 0. The van der Waals surface area contributed by atoms with Gasteiger partial charge < -0.3 is 14.6 Å². The van der Waals surface area contributed by atoms with E-state index < -0.39 is 0 Å². The van der Waals surface area contributed by atoms with Gasteiger partial charge in [-0.1, -0.05) is 37.8 Å². The number of amides is 1. The number of rotatable bonds is 6. The zero-order valence-electron chi connectivity index (χ0n) is 17.8. The van der Waals surface area contributed by atoms with E-state index in [1.54, 1.807) is 7.11 Å². The lowest BCUT2D eigenvalue weighted by Gasteiger charge is -2.40. The van der Waals surface area contributed by atoms with Gasteiger partial charge in [-0.2, -0.15) is 5.10 Å². The highest BCUT2D eigenvalue weighted by atomic mass is 16.5. The largest absolute Gasteiger partial charge is 0.493 e. The molecule has 162 valence electrons. The van der Waals surface area contributed by atoms with Crippen molar-refractivity contribution < 1.29 is 19.4 Å². The maximum absolute atomic E-state index is 13.4. The Kier molecular flexibility index (Phi) is 6.72. The minimum atomic E-state index is -0.0617. The van der Waals surface area contributed by atoms with E-state index in [0.717, 1.165) is 49.8 Å². The molecular weight excluding hydrogens is 380 g/mol. The van der Waals surface area contributed by atoms with Crippen LogP contribution in [0.3, 0.4) is 0 Å². The summed E-state index contributed by atoms with van der Waals surface area (Å²) < 4.78 is 11.1. The molecule has 1 aliphatic heterocycles. The fraction of sp³-hybridized carbons (Fsp3) is 0.583. The first-order valence-electron chi connectivity index (χ1n) is 11.2. The van der Waals surface area contributed by atoms with E-state index in [1.165, 1.54) is 12.8 Å². The first kappa shape index (κ1) is 20.9. The smallest absolute Gasteiger partial charge is 0.247 e. The second-order valence-corrected chi connectivity index (χ2v) is 8.41. The first-order chi connectivity index (χ1) is 14.7. The molecule has 1 aromatic rings. The van der Waals surface area contributed by atoms with Crippen LogP contribution in [0.25, 0.3) is 0 Å². The number of carbonyl (C=O) groups excluding carboxylic acids is 1. The molecule has 6 nitrogen and oxygen atoms in total. The third-order valence-electron chi connectivity index (χ3n) is 6.52. The minimum absolute atomic E-state index is 0.0466. The Hall–Kier alpha value is -2.34. The van der Waals surface area contributed by atoms with E-state index in [9.17, 15) is 4.79 Å². The van der Waals surface area contributed by atoms with Crippen LogP contribution in [0.5, 0.6) is 11.5 Å². The van der Waals surface area contributed by atoms with Gasteiger partial charge in [0.25, 0.3) is 0 Å². The molecule has 0 saturated heterocycles. The van der Waals surface area contributed by atoms with Gasteiger partial charge >= 0.3 is 0 Å². The monoisotopic (exact) mass is 412 g/mol. The van der Waals surface area contributed by atoms with Crippen LogP contribution in [0.4, 0.5) is 0 Å². The van der Waals surface area contributed by atoms with Crippen LogP contribution in [0.1, 0.15) is 56.9 Å². The summed E-state index contributed by atoms with van der Waals surface area (Å²) in [6.45, 7) is 0.140. The van der Waals surface area contributed by atoms with Gasteiger partial charge in [-0.3, -0.25) is 4.79 Å². The molecule has 2 aliphatic carbocycles. The molecule has 6 heteroatoms. The van der Waals surface area contributed by atoms with E-state index in [4.69, 9.17) is 19.7 Å². The number of nitrogens with zero attached hydrogens (tertiary/aromatic N) is 2. The van der Waals surface area contributed by atoms with Crippen molar-refractivity contribution in [2.45, 2.75) is 57.4 Å². The van der Waals surface area contributed by atoms with Gasteiger partial charge in [0.05, 0.1) is 31.4 Å². The average Bonchev–Trinajstić information content (AvgIpc) is 3.07. The molecule has 4 rings (SSSR count). The third-order valence-corrected chi connectivity index (χ3v) is 6.52. The first-order valence-corrected chi connectivity index (χ1v) is 11.2. The predicted octanol–water partition coefficient (Wildman–Crippen LogP) is 3.92. The van der Waals surface area contributed by atoms with Crippen LogP contribution in [0, 0.1) is 11.8 Å². The molecule has 2 atom stereocenters. The molecule has 1 fully saturated rings. The second-order valence-electron chi connectivity index (χ2n) is 8.41. The lowest BCUT2D eigenvalue weighted by atomic mass is 9.76. The van der Waals surface area contributed by atoms with Crippen molar-refractivity contribution in [2.24, 2.45) is 16.9 Å². The van der Waals surface area contributed by atoms with Gasteiger partial charge in [0.1, 0.15) is 6.61 Å². The maximum atomic E-state index is 13.4. The molecule has 1 saturated carbocycles. The van der Waals surface area contributed by atoms with Gasteiger partial charge in [-0.15, -0.1) is 0 Å². The summed E-state index contributed by atoms with van der Waals surface area (Å²) in [5, 5.41) is 16.0. The Morgan fingerprint density at radius 2 is 1.80 bits per heavy atom. The van der Waals surface area contributed by atoms with Crippen molar-refractivity contribution >= 4 is 11.6 Å². The Bertz CT molecular complexity index is 811. The highest BCUT2D eigenvalue weighted by molar-refractivity contribution is 6.07. The average molecular weight is 413 g/mol. The van der Waals surface area contributed by atoms with Crippen molar-refractivity contribution in [3.63, 3.8) is 0 Å². The Morgan fingerprint density at radius 3 is 2.50 bits per heavy atom. The summed E-state index contributed by atoms with van der Waals surface area (Å²) in [7, 11) is 1.60. The number of methoxy groups -OCH3 is 1. The highest BCUT2D eigenvalue weighted by Crippen LogP contribution is 2.38. The molecule has 1 aromatic carbocycles. The van der Waals surface area contributed by atoms with Crippen LogP contribution in [-0.4, -0.2) is 48.1 Å². The normalized spacial score (nSPS) is 24.8. The SMILES string of the molecule is COc1ccc(C2=NN(C3CCCCCC3)C(=O)C3CC=CCC23)cc1OCCO. The summed E-state index contributed by atoms with van der Waals surface area (Å²) in [5.41, 5.74) is 1.92. The number of hydrazone groups is 1. The molecule has 0 aromatic heterocycles. The topological polar surface area (TPSA) is 71.4 Å². The minimum Gasteiger partial charge on any atom is -0.493 e. The van der Waals surface area contributed by atoms with Crippen molar-refractivity contribution in [3.05, 3.63) is 35.9 Å². The number of hydrogen-bond acceptors (Lipinski definition) is 5. The molecule has 0 spiro atoms. The zero-order chi connectivity index (χ0) is 20.9. The van der Waals surface area contributed by atoms with Gasteiger partial charge in [-0.05, 0) is 43.9 Å². The standard InChI is InChI=1S/C24H32N2O4/c1-29-21-13-12-17(16-22(21)30-15-14-27)23-19-10-6-7-11-20(19)24(28)26(25-23)18-8-4-2-3-5-9-18/h6-7,12-13,16,18-20,27H,2-5,8-11,14-15H2,1H3. The summed E-state index contributed by atoms with van der Waals surface area (Å²) in [4.78, 5) is 13.4. The third kappa shape index (κ3) is 4.24. The summed E-state index contributed by atoms with van der Waals surface area (Å²) in [6, 6.07) is 6.01. The van der Waals surface area contributed by atoms with Crippen LogP contribution in [0.2, 0.25) is 0 Å². The van der Waals surface area contributed by atoms with E-state index in [2.05, 4.69) is 12.2 Å². The number of hydrogen-bond donors (Lipinski definition) is 1. The zero-order valence-corrected chi connectivity index (χ0v) is 17.8. The number of fused-ring (bicyclic) bond motifs is 1. The molecule has 1 amide bonds. The van der Waals surface area contributed by atoms with Crippen LogP contribution in [0.15, 0.2) is 35.5 Å². The molecule has 0 bridgehead atoms. The molecule has 1 heterocycles. The number of carbonyl (C=O) groups is 1. The van der Waals surface area contributed by atoms with E-state index >= 15 is 0 Å². The Balaban J connectivity index is 1.72. The molecule has 0 radical (unpaired) electrons. The molecule has 1 N–H and O–H groups in total. The van der Waals surface area contributed by atoms with Crippen molar-refractivity contribution in [1.82, 2.24) is 5.01 Å². The number of aliphatic hydroxyl groups excluding tert-OH is 1. The van der Waals surface area contributed by atoms with Gasteiger partial charge in [0.2, 0.25) is 5.91 Å².